The van der Waals surface area contributed by atoms with Crippen LogP contribution in [0.1, 0.15) is 0 Å². The highest BCUT2D eigenvalue weighted by atomic mass is 15.1. The third kappa shape index (κ3) is 7.47. The minimum Gasteiger partial charge on any atom is -0.310 e. The topological polar surface area (TPSA) is 3.24 Å². The zero-order valence-corrected chi connectivity index (χ0v) is 34.8. The zero-order chi connectivity index (χ0) is 42.0. The van der Waals surface area contributed by atoms with E-state index in [1.165, 1.54) is 77.2 Å². The molecule has 296 valence electrons. The average molecular weight is 802 g/mol. The predicted octanol–water partition coefficient (Wildman–Crippen LogP) is 17.5. The number of rotatable bonds is 9. The first-order valence-corrected chi connectivity index (χ1v) is 21.7. The van der Waals surface area contributed by atoms with Crippen molar-refractivity contribution in [3.8, 4) is 66.8 Å². The van der Waals surface area contributed by atoms with Crippen LogP contribution in [0.3, 0.4) is 0 Å². The Morgan fingerprint density at radius 2 is 0.667 bits per heavy atom. The van der Waals surface area contributed by atoms with Gasteiger partial charge in [-0.05, 0) is 125 Å². The van der Waals surface area contributed by atoms with Gasteiger partial charge >= 0.3 is 0 Å². The molecular formula is C62H43N. The van der Waals surface area contributed by atoms with Gasteiger partial charge in [0.2, 0.25) is 0 Å². The Morgan fingerprint density at radius 1 is 0.222 bits per heavy atom. The van der Waals surface area contributed by atoms with E-state index in [2.05, 4.69) is 266 Å². The molecule has 11 rings (SSSR count). The molecule has 0 bridgehead atoms. The van der Waals surface area contributed by atoms with Crippen molar-refractivity contribution in [2.24, 2.45) is 0 Å². The number of hydrogen-bond acceptors (Lipinski definition) is 1. The molecule has 0 radical (unpaired) electrons. The minimum absolute atomic E-state index is 1.08. The van der Waals surface area contributed by atoms with E-state index in [1.807, 2.05) is 0 Å². The van der Waals surface area contributed by atoms with E-state index in [1.54, 1.807) is 0 Å². The summed E-state index contributed by atoms with van der Waals surface area (Å²) in [6, 6.07) is 94.6. The number of benzene rings is 11. The van der Waals surface area contributed by atoms with Gasteiger partial charge in [0.05, 0.1) is 5.69 Å². The first-order valence-electron chi connectivity index (χ1n) is 21.7. The Hall–Kier alpha value is -8.26. The third-order valence-corrected chi connectivity index (χ3v) is 12.3. The highest BCUT2D eigenvalue weighted by molar-refractivity contribution is 6.04. The normalized spacial score (nSPS) is 11.2. The molecule has 0 aliphatic rings. The summed E-state index contributed by atoms with van der Waals surface area (Å²) >= 11 is 0. The van der Waals surface area contributed by atoms with Crippen LogP contribution < -0.4 is 4.90 Å². The fourth-order valence-electron chi connectivity index (χ4n) is 9.08. The maximum atomic E-state index is 2.40. The number of anilines is 3. The second-order valence-corrected chi connectivity index (χ2v) is 16.1. The second-order valence-electron chi connectivity index (χ2n) is 16.1. The first kappa shape index (κ1) is 37.7. The molecule has 0 unspecified atom stereocenters. The van der Waals surface area contributed by atoms with Crippen molar-refractivity contribution < 1.29 is 0 Å². The molecule has 1 nitrogen and oxygen atoms in total. The molecule has 0 aromatic heterocycles. The van der Waals surface area contributed by atoms with E-state index < -0.39 is 0 Å². The summed E-state index contributed by atoms with van der Waals surface area (Å²) < 4.78 is 0. The van der Waals surface area contributed by atoms with Crippen LogP contribution in [0.4, 0.5) is 17.1 Å². The zero-order valence-electron chi connectivity index (χ0n) is 34.8. The van der Waals surface area contributed by atoms with Crippen LogP contribution in [0.15, 0.2) is 261 Å². The van der Waals surface area contributed by atoms with Gasteiger partial charge in [-0.3, -0.25) is 0 Å². The molecule has 0 aliphatic carbocycles. The average Bonchev–Trinajstić information content (AvgIpc) is 3.37. The van der Waals surface area contributed by atoms with Gasteiger partial charge in [0, 0.05) is 16.9 Å². The quantitative estimate of drug-likeness (QED) is 0.141. The van der Waals surface area contributed by atoms with Crippen LogP contribution in [0.2, 0.25) is 0 Å². The Balaban J connectivity index is 1.00. The summed E-state index contributed by atoms with van der Waals surface area (Å²) in [7, 11) is 0. The van der Waals surface area contributed by atoms with E-state index in [4.69, 9.17) is 0 Å². The van der Waals surface area contributed by atoms with Crippen LogP contribution in [-0.4, -0.2) is 0 Å². The summed E-state index contributed by atoms with van der Waals surface area (Å²) in [5.41, 5.74) is 17.7. The maximum Gasteiger partial charge on any atom is 0.0540 e. The molecule has 0 spiro atoms. The van der Waals surface area contributed by atoms with Gasteiger partial charge in [0.1, 0.15) is 0 Å². The second kappa shape index (κ2) is 16.7. The molecular weight excluding hydrogens is 759 g/mol. The Bertz CT molecular complexity index is 3350. The van der Waals surface area contributed by atoms with E-state index in [-0.39, 0.29) is 0 Å². The van der Waals surface area contributed by atoms with Crippen molar-refractivity contribution in [2.75, 3.05) is 4.90 Å². The van der Waals surface area contributed by atoms with E-state index in [9.17, 15) is 0 Å². The minimum atomic E-state index is 1.08. The van der Waals surface area contributed by atoms with Gasteiger partial charge in [-0.1, -0.05) is 218 Å². The summed E-state index contributed by atoms with van der Waals surface area (Å²) in [6.07, 6.45) is 0. The Labute approximate surface area is 369 Å². The molecule has 0 fully saturated rings. The molecule has 0 aliphatic heterocycles. The molecule has 0 heterocycles. The van der Waals surface area contributed by atoms with Crippen LogP contribution in [-0.2, 0) is 0 Å². The van der Waals surface area contributed by atoms with E-state index >= 15 is 0 Å². The van der Waals surface area contributed by atoms with Gasteiger partial charge in [-0.2, -0.15) is 0 Å². The number of hydrogen-bond donors (Lipinski definition) is 0. The summed E-state index contributed by atoms with van der Waals surface area (Å²) in [6.45, 7) is 0. The highest BCUT2D eigenvalue weighted by Gasteiger charge is 2.19. The lowest BCUT2D eigenvalue weighted by Crippen LogP contribution is -2.11. The third-order valence-electron chi connectivity index (χ3n) is 12.3. The van der Waals surface area contributed by atoms with Crippen LogP contribution >= 0.6 is 0 Å². The molecule has 1 heteroatoms. The van der Waals surface area contributed by atoms with E-state index in [0.29, 0.717) is 0 Å². The largest absolute Gasteiger partial charge is 0.310 e. The first-order chi connectivity index (χ1) is 31.2. The number of nitrogens with zero attached hydrogens (tertiary/aromatic N) is 1. The lowest BCUT2D eigenvalue weighted by Gasteiger charge is -2.28. The van der Waals surface area contributed by atoms with Gasteiger partial charge in [-0.15, -0.1) is 0 Å². The Kier molecular flexibility index (Phi) is 9.97. The summed E-state index contributed by atoms with van der Waals surface area (Å²) in [4.78, 5) is 2.40. The lowest BCUT2D eigenvalue weighted by atomic mass is 9.89. The van der Waals surface area contributed by atoms with Crippen LogP contribution in [0, 0.1) is 0 Å². The van der Waals surface area contributed by atoms with Gasteiger partial charge < -0.3 is 4.90 Å². The van der Waals surface area contributed by atoms with Gasteiger partial charge in [0.15, 0.2) is 0 Å². The van der Waals surface area contributed by atoms with Crippen LogP contribution in [0.5, 0.6) is 0 Å². The molecule has 0 saturated carbocycles. The number of para-hydroxylation sites is 1. The highest BCUT2D eigenvalue weighted by Crippen LogP contribution is 2.44. The van der Waals surface area contributed by atoms with E-state index in [0.717, 1.165) is 28.2 Å². The standard InChI is InChI=1S/C62H43N/c1-3-14-44(15-4-1)46-26-29-49(30-27-46)58-23-11-12-25-61(58)63(56-37-32-47(33-38-56)53-21-13-22-54(42-53)55-31-28-45-16-7-8-20-52(45)43-55)57-39-34-50(35-40-57)60-41-36-48-17-9-10-24-59(48)62(60)51-18-5-2-6-19-51/h1-43H. The van der Waals surface area contributed by atoms with Crippen molar-refractivity contribution in [2.45, 2.75) is 0 Å². The fourth-order valence-corrected chi connectivity index (χ4v) is 9.08. The van der Waals surface area contributed by atoms with Crippen molar-refractivity contribution in [1.82, 2.24) is 0 Å². The van der Waals surface area contributed by atoms with Crippen molar-refractivity contribution >= 4 is 38.6 Å². The van der Waals surface area contributed by atoms with Crippen molar-refractivity contribution in [3.63, 3.8) is 0 Å². The molecule has 0 amide bonds. The van der Waals surface area contributed by atoms with Crippen molar-refractivity contribution in [3.05, 3.63) is 261 Å². The molecule has 11 aromatic rings. The van der Waals surface area contributed by atoms with Gasteiger partial charge in [0.25, 0.3) is 0 Å². The fraction of sp³-hybridized carbons (Fsp3) is 0. The molecule has 0 N–H and O–H groups in total. The molecule has 11 aromatic carbocycles. The maximum absolute atomic E-state index is 2.40. The van der Waals surface area contributed by atoms with Crippen LogP contribution in [0.25, 0.3) is 88.3 Å². The smallest absolute Gasteiger partial charge is 0.0540 e. The number of fused-ring (bicyclic) bond motifs is 2. The monoisotopic (exact) mass is 801 g/mol. The van der Waals surface area contributed by atoms with Gasteiger partial charge in [-0.25, -0.2) is 0 Å². The summed E-state index contributed by atoms with van der Waals surface area (Å²) in [5, 5.41) is 4.99. The SMILES string of the molecule is c1ccc(-c2ccc(-c3ccccc3N(c3ccc(-c4cccc(-c5ccc6ccccc6c5)c4)cc3)c3ccc(-c4ccc5ccccc5c4-c4ccccc4)cc3)cc2)cc1. The lowest BCUT2D eigenvalue weighted by molar-refractivity contribution is 1.28. The molecule has 0 saturated heterocycles. The van der Waals surface area contributed by atoms with Crippen molar-refractivity contribution in [1.29, 1.82) is 0 Å². The molecule has 0 atom stereocenters. The summed E-state index contributed by atoms with van der Waals surface area (Å²) in [5.74, 6) is 0. The predicted molar refractivity (Wildman–Crippen MR) is 269 cm³/mol. The Morgan fingerprint density at radius 3 is 1.40 bits per heavy atom. The molecule has 63 heavy (non-hydrogen) atoms.